The Bertz CT molecular complexity index is 740. The van der Waals surface area contributed by atoms with Crippen LogP contribution in [0.5, 0.6) is 5.88 Å². The number of hydrogen-bond acceptors (Lipinski definition) is 5. The number of nitrogens with zero attached hydrogens (tertiary/aromatic N) is 4. The van der Waals surface area contributed by atoms with E-state index in [1.165, 1.54) is 15.2 Å². The van der Waals surface area contributed by atoms with Crippen molar-refractivity contribution in [2.75, 3.05) is 12.8 Å². The lowest BCUT2D eigenvalue weighted by molar-refractivity contribution is 0.383. The Hall–Kier alpha value is -1.93. The van der Waals surface area contributed by atoms with Gasteiger partial charge in [0.05, 0.1) is 18.5 Å². The van der Waals surface area contributed by atoms with Crippen molar-refractivity contribution in [1.29, 1.82) is 0 Å². The minimum absolute atomic E-state index is 0.0341. The highest BCUT2D eigenvalue weighted by molar-refractivity contribution is 7.88. The Morgan fingerprint density at radius 3 is 2.80 bits per heavy atom. The van der Waals surface area contributed by atoms with Crippen LogP contribution in [-0.4, -0.2) is 45.4 Å². The highest BCUT2D eigenvalue weighted by atomic mass is 32.2. The average Bonchev–Trinajstić information content (AvgIpc) is 2.76. The molecule has 0 atom stereocenters. The minimum Gasteiger partial charge on any atom is -0.493 e. The van der Waals surface area contributed by atoms with Crippen LogP contribution in [0.3, 0.4) is 0 Å². The number of sulfonamides is 1. The summed E-state index contributed by atoms with van der Waals surface area (Å²) in [5.41, 5.74) is 1.26. The fraction of sp³-hybridized carbons (Fsp3) is 0.333. The van der Waals surface area contributed by atoms with Crippen LogP contribution in [0.15, 0.2) is 24.4 Å². The van der Waals surface area contributed by atoms with Crippen LogP contribution in [0.2, 0.25) is 0 Å². The number of fused-ring (bicyclic) bond motifs is 1. The van der Waals surface area contributed by atoms with E-state index < -0.39 is 10.0 Å². The third-order valence-corrected chi connectivity index (χ3v) is 4.56. The zero-order valence-electron chi connectivity index (χ0n) is 10.9. The summed E-state index contributed by atoms with van der Waals surface area (Å²) in [4.78, 5) is 4.13. The Labute approximate surface area is 116 Å². The van der Waals surface area contributed by atoms with Crippen LogP contribution in [0.25, 0.3) is 5.82 Å². The van der Waals surface area contributed by atoms with Crippen molar-refractivity contribution in [2.24, 2.45) is 0 Å². The van der Waals surface area contributed by atoms with Gasteiger partial charge in [0, 0.05) is 18.3 Å². The number of aromatic hydroxyl groups is 1. The lowest BCUT2D eigenvalue weighted by Crippen LogP contribution is -2.34. The first-order valence-corrected chi connectivity index (χ1v) is 7.98. The molecule has 2 aromatic rings. The number of rotatable bonds is 2. The van der Waals surface area contributed by atoms with Gasteiger partial charge in [-0.1, -0.05) is 6.07 Å². The van der Waals surface area contributed by atoms with Crippen molar-refractivity contribution in [3.8, 4) is 11.7 Å². The molecule has 0 unspecified atom stereocenters. The number of hydrogen-bond donors (Lipinski definition) is 1. The Balaban J connectivity index is 2.02. The zero-order valence-corrected chi connectivity index (χ0v) is 11.7. The largest absolute Gasteiger partial charge is 0.493 e. The van der Waals surface area contributed by atoms with Gasteiger partial charge in [-0.25, -0.2) is 13.4 Å². The van der Waals surface area contributed by atoms with Gasteiger partial charge in [0.15, 0.2) is 5.82 Å². The van der Waals surface area contributed by atoms with E-state index >= 15 is 0 Å². The van der Waals surface area contributed by atoms with Crippen molar-refractivity contribution < 1.29 is 13.5 Å². The second-order valence-electron chi connectivity index (χ2n) is 4.70. The van der Waals surface area contributed by atoms with Gasteiger partial charge in [0.1, 0.15) is 0 Å². The first-order chi connectivity index (χ1) is 9.47. The molecule has 0 spiro atoms. The van der Waals surface area contributed by atoms with E-state index in [1.807, 2.05) is 0 Å². The van der Waals surface area contributed by atoms with Gasteiger partial charge in [-0.05, 0) is 18.6 Å². The maximum Gasteiger partial charge on any atom is 0.219 e. The van der Waals surface area contributed by atoms with E-state index in [0.717, 1.165) is 0 Å². The molecule has 0 aromatic carbocycles. The Kier molecular flexibility index (Phi) is 2.98. The van der Waals surface area contributed by atoms with Gasteiger partial charge in [0.2, 0.25) is 15.9 Å². The molecule has 20 heavy (non-hydrogen) atoms. The first kappa shape index (κ1) is 13.1. The molecule has 0 radical (unpaired) electrons. The average molecular weight is 294 g/mol. The van der Waals surface area contributed by atoms with Gasteiger partial charge in [0.25, 0.3) is 0 Å². The third-order valence-electron chi connectivity index (χ3n) is 3.31. The summed E-state index contributed by atoms with van der Waals surface area (Å²) in [5, 5.41) is 14.5. The summed E-state index contributed by atoms with van der Waals surface area (Å²) < 4.78 is 25.8. The number of pyridine rings is 1. The second-order valence-corrected chi connectivity index (χ2v) is 6.68. The molecule has 8 heteroatoms. The van der Waals surface area contributed by atoms with Crippen LogP contribution < -0.4 is 0 Å². The maximum atomic E-state index is 11.6. The van der Waals surface area contributed by atoms with Crippen molar-refractivity contribution in [1.82, 2.24) is 19.1 Å². The lowest BCUT2D eigenvalue weighted by atomic mass is 10.1. The monoisotopic (exact) mass is 294 g/mol. The van der Waals surface area contributed by atoms with E-state index in [1.54, 1.807) is 24.4 Å². The van der Waals surface area contributed by atoms with Gasteiger partial charge in [-0.3, -0.25) is 0 Å². The summed E-state index contributed by atoms with van der Waals surface area (Å²) in [6.45, 7) is 0.537. The highest BCUT2D eigenvalue weighted by Gasteiger charge is 2.29. The molecular weight excluding hydrogens is 280 g/mol. The molecule has 7 nitrogen and oxygen atoms in total. The van der Waals surface area contributed by atoms with Crippen LogP contribution in [-0.2, 0) is 23.0 Å². The van der Waals surface area contributed by atoms with Crippen molar-refractivity contribution in [3.05, 3.63) is 35.7 Å². The predicted octanol–water partition coefficient (Wildman–Crippen LogP) is 0.291. The Morgan fingerprint density at radius 2 is 2.15 bits per heavy atom. The van der Waals surface area contributed by atoms with Crippen LogP contribution in [0, 0.1) is 0 Å². The molecule has 0 bridgehead atoms. The molecule has 1 N–H and O–H groups in total. The summed E-state index contributed by atoms with van der Waals surface area (Å²) in [6.07, 6.45) is 3.23. The van der Waals surface area contributed by atoms with E-state index in [9.17, 15) is 13.5 Å². The van der Waals surface area contributed by atoms with E-state index in [-0.39, 0.29) is 12.4 Å². The SMILES string of the molecule is CS(=O)(=O)N1CCc2c(nn(-c3ccccn3)c2O)C1. The van der Waals surface area contributed by atoms with E-state index in [4.69, 9.17) is 0 Å². The second kappa shape index (κ2) is 4.57. The minimum atomic E-state index is -3.25. The zero-order chi connectivity index (χ0) is 14.3. The molecular formula is C12H14N4O3S. The smallest absolute Gasteiger partial charge is 0.219 e. The third kappa shape index (κ3) is 2.16. The Morgan fingerprint density at radius 1 is 1.35 bits per heavy atom. The molecule has 0 amide bonds. The first-order valence-electron chi connectivity index (χ1n) is 6.13. The molecule has 1 aliphatic heterocycles. The molecule has 3 rings (SSSR count). The highest BCUT2D eigenvalue weighted by Crippen LogP contribution is 2.29. The molecule has 2 aromatic heterocycles. The van der Waals surface area contributed by atoms with Crippen LogP contribution in [0.4, 0.5) is 0 Å². The van der Waals surface area contributed by atoms with Crippen molar-refractivity contribution in [2.45, 2.75) is 13.0 Å². The van der Waals surface area contributed by atoms with Gasteiger partial charge < -0.3 is 5.11 Å². The molecule has 0 saturated heterocycles. The van der Waals surface area contributed by atoms with Crippen LogP contribution in [0.1, 0.15) is 11.3 Å². The summed E-state index contributed by atoms with van der Waals surface area (Å²) in [5.74, 6) is 0.539. The molecule has 0 fully saturated rings. The molecule has 106 valence electrons. The normalized spacial score (nSPS) is 16.1. The molecule has 0 saturated carbocycles. The summed E-state index contributed by atoms with van der Waals surface area (Å²) in [6, 6.07) is 5.30. The molecule has 1 aliphatic rings. The lowest BCUT2D eigenvalue weighted by Gasteiger charge is -2.23. The quantitative estimate of drug-likeness (QED) is 0.860. The van der Waals surface area contributed by atoms with Gasteiger partial charge in [-0.15, -0.1) is 0 Å². The van der Waals surface area contributed by atoms with Crippen molar-refractivity contribution >= 4 is 10.0 Å². The van der Waals surface area contributed by atoms with Gasteiger partial charge >= 0.3 is 0 Å². The van der Waals surface area contributed by atoms with Gasteiger partial charge in [-0.2, -0.15) is 14.1 Å². The molecule has 0 aliphatic carbocycles. The van der Waals surface area contributed by atoms with E-state index in [0.29, 0.717) is 30.0 Å². The molecule has 3 heterocycles. The fourth-order valence-corrected chi connectivity index (χ4v) is 3.05. The fourth-order valence-electron chi connectivity index (χ4n) is 2.27. The standard InChI is InChI=1S/C12H14N4O3S/c1-20(18,19)15-7-5-9-10(8-15)14-16(12(9)17)11-4-2-3-6-13-11/h2-4,6,17H,5,7-8H2,1H3. The topological polar surface area (TPSA) is 88.3 Å². The predicted molar refractivity (Wildman–Crippen MR) is 72.0 cm³/mol. The maximum absolute atomic E-state index is 11.6. The summed E-state index contributed by atoms with van der Waals surface area (Å²) >= 11 is 0. The number of aromatic nitrogens is 3. The summed E-state index contributed by atoms with van der Waals surface area (Å²) in [7, 11) is -3.25. The van der Waals surface area contributed by atoms with E-state index in [2.05, 4.69) is 10.1 Å². The van der Waals surface area contributed by atoms with Crippen molar-refractivity contribution in [3.63, 3.8) is 0 Å². The van der Waals surface area contributed by atoms with Crippen LogP contribution >= 0.6 is 0 Å².